The first-order valence-electron chi connectivity index (χ1n) is 16.5. The molecule has 0 unspecified atom stereocenters. The lowest BCUT2D eigenvalue weighted by atomic mass is 10.1. The molecular formula is C37H47N5O5. The fourth-order valence-corrected chi connectivity index (χ4v) is 4.59. The lowest BCUT2D eigenvalue weighted by Crippen LogP contribution is -2.26. The van der Waals surface area contributed by atoms with E-state index in [1.165, 1.54) is 18.9 Å². The first kappa shape index (κ1) is 36.6. The standard InChI is InChI=1S/C37H47N5O5/c1-4-36(43)47-29-13-11-9-7-8-10-12-28-46-35-24-20-33(21-25-35)41-39-31-16-14-30(15-17-31)38-40-32-18-22-34(23-19-32)42(5-2)27-26-37(44)45-6-3/h4,14-25H,1,5-13,26-29H2,2-3H3. The van der Waals surface area contributed by atoms with Crippen LogP contribution < -0.4 is 9.64 Å². The highest BCUT2D eigenvalue weighted by Gasteiger charge is 2.08. The van der Waals surface area contributed by atoms with Gasteiger partial charge in [0.25, 0.3) is 0 Å². The number of hydrogen-bond donors (Lipinski definition) is 0. The van der Waals surface area contributed by atoms with Gasteiger partial charge < -0.3 is 19.1 Å². The highest BCUT2D eigenvalue weighted by Crippen LogP contribution is 2.26. The second-order valence-corrected chi connectivity index (χ2v) is 10.8. The highest BCUT2D eigenvalue weighted by atomic mass is 16.5. The molecule has 0 saturated heterocycles. The van der Waals surface area contributed by atoms with E-state index in [2.05, 4.69) is 38.9 Å². The smallest absolute Gasteiger partial charge is 0.330 e. The first-order chi connectivity index (χ1) is 23.0. The Morgan fingerprint density at radius 3 is 1.62 bits per heavy atom. The van der Waals surface area contributed by atoms with Gasteiger partial charge in [-0.05, 0) is 99.5 Å². The summed E-state index contributed by atoms with van der Waals surface area (Å²) in [7, 11) is 0. The number of benzene rings is 3. The molecule has 0 amide bonds. The lowest BCUT2D eigenvalue weighted by Gasteiger charge is -2.22. The molecular weight excluding hydrogens is 594 g/mol. The molecule has 0 N–H and O–H groups in total. The topological polar surface area (TPSA) is 115 Å². The predicted molar refractivity (Wildman–Crippen MR) is 186 cm³/mol. The Kier molecular flexibility index (Phi) is 17.0. The van der Waals surface area contributed by atoms with Crippen LogP contribution in [-0.2, 0) is 19.1 Å². The SMILES string of the molecule is C=CC(=O)OCCCCCCCCCOc1ccc(N=Nc2ccc(N=Nc3ccc(N(CC)CCC(=O)OCC)cc3)cc2)cc1. The van der Waals surface area contributed by atoms with Crippen LogP contribution in [0.3, 0.4) is 0 Å². The summed E-state index contributed by atoms with van der Waals surface area (Å²) in [5.41, 5.74) is 3.92. The Bertz CT molecular complexity index is 1410. The van der Waals surface area contributed by atoms with Crippen molar-refractivity contribution in [2.24, 2.45) is 20.5 Å². The summed E-state index contributed by atoms with van der Waals surface area (Å²) >= 11 is 0. The largest absolute Gasteiger partial charge is 0.494 e. The van der Waals surface area contributed by atoms with Gasteiger partial charge in [0.2, 0.25) is 0 Å². The third-order valence-electron chi connectivity index (χ3n) is 7.20. The van der Waals surface area contributed by atoms with Crippen LogP contribution in [0.25, 0.3) is 0 Å². The van der Waals surface area contributed by atoms with Crippen LogP contribution in [0, 0.1) is 0 Å². The molecule has 3 rings (SSSR count). The van der Waals surface area contributed by atoms with Gasteiger partial charge in [0, 0.05) is 24.9 Å². The quantitative estimate of drug-likeness (QED) is 0.0467. The summed E-state index contributed by atoms with van der Waals surface area (Å²) in [6.45, 7) is 10.2. The number of rotatable bonds is 22. The van der Waals surface area contributed by atoms with E-state index < -0.39 is 0 Å². The van der Waals surface area contributed by atoms with Gasteiger partial charge in [0.15, 0.2) is 0 Å². The number of carbonyl (C=O) groups excluding carboxylic acids is 2. The predicted octanol–water partition coefficient (Wildman–Crippen LogP) is 10.1. The number of carbonyl (C=O) groups is 2. The second kappa shape index (κ2) is 21.8. The molecule has 0 fully saturated rings. The maximum absolute atomic E-state index is 11.7. The number of nitrogens with zero attached hydrogens (tertiary/aromatic N) is 5. The summed E-state index contributed by atoms with van der Waals surface area (Å²) in [5.74, 6) is 0.283. The van der Waals surface area contributed by atoms with Gasteiger partial charge in [0.05, 0.1) is 49.0 Å². The van der Waals surface area contributed by atoms with E-state index in [4.69, 9.17) is 14.2 Å². The van der Waals surface area contributed by atoms with Gasteiger partial charge in [-0.25, -0.2) is 4.79 Å². The van der Waals surface area contributed by atoms with Crippen LogP contribution in [0.2, 0.25) is 0 Å². The maximum Gasteiger partial charge on any atom is 0.330 e. The Morgan fingerprint density at radius 2 is 1.13 bits per heavy atom. The molecule has 0 atom stereocenters. The molecule has 0 spiro atoms. The zero-order valence-corrected chi connectivity index (χ0v) is 27.7. The van der Waals surface area contributed by atoms with Gasteiger partial charge in [-0.3, -0.25) is 4.79 Å². The number of anilines is 1. The molecule has 10 heteroatoms. The lowest BCUT2D eigenvalue weighted by molar-refractivity contribution is -0.143. The summed E-state index contributed by atoms with van der Waals surface area (Å²) in [5, 5.41) is 17.3. The third-order valence-corrected chi connectivity index (χ3v) is 7.20. The third kappa shape index (κ3) is 14.9. The number of esters is 2. The molecule has 0 bridgehead atoms. The van der Waals surface area contributed by atoms with E-state index in [1.807, 2.05) is 79.7 Å². The molecule has 0 radical (unpaired) electrons. The van der Waals surface area contributed by atoms with Crippen molar-refractivity contribution in [2.75, 3.05) is 37.8 Å². The minimum Gasteiger partial charge on any atom is -0.494 e. The Hall–Kier alpha value is -4.86. The molecule has 10 nitrogen and oxygen atoms in total. The average molecular weight is 642 g/mol. The highest BCUT2D eigenvalue weighted by molar-refractivity contribution is 5.81. The molecule has 0 heterocycles. The van der Waals surface area contributed by atoms with Gasteiger partial charge in [0.1, 0.15) is 5.75 Å². The fraction of sp³-hybridized carbons (Fsp3) is 0.405. The Labute approximate surface area is 278 Å². The van der Waals surface area contributed by atoms with E-state index in [0.29, 0.717) is 44.2 Å². The van der Waals surface area contributed by atoms with Crippen LogP contribution in [0.15, 0.2) is 106 Å². The molecule has 3 aromatic rings. The van der Waals surface area contributed by atoms with E-state index in [0.717, 1.165) is 61.5 Å². The van der Waals surface area contributed by atoms with Crippen molar-refractivity contribution in [1.29, 1.82) is 0 Å². The monoisotopic (exact) mass is 641 g/mol. The zero-order valence-electron chi connectivity index (χ0n) is 27.7. The van der Waals surface area contributed by atoms with Crippen LogP contribution in [-0.4, -0.2) is 44.8 Å². The number of unbranched alkanes of at least 4 members (excludes halogenated alkanes) is 6. The minimum absolute atomic E-state index is 0.186. The summed E-state index contributed by atoms with van der Waals surface area (Å²) in [6.07, 6.45) is 9.16. The molecule has 0 aliphatic rings. The molecule has 0 aromatic heterocycles. The number of azo groups is 2. The Morgan fingerprint density at radius 1 is 0.660 bits per heavy atom. The summed E-state index contributed by atoms with van der Waals surface area (Å²) in [6, 6.07) is 22.8. The van der Waals surface area contributed by atoms with Gasteiger partial charge in [-0.1, -0.05) is 38.7 Å². The van der Waals surface area contributed by atoms with Crippen LogP contribution >= 0.6 is 0 Å². The van der Waals surface area contributed by atoms with E-state index in [-0.39, 0.29) is 11.9 Å². The van der Waals surface area contributed by atoms with E-state index >= 15 is 0 Å². The van der Waals surface area contributed by atoms with Crippen molar-refractivity contribution in [3.8, 4) is 5.75 Å². The second-order valence-electron chi connectivity index (χ2n) is 10.8. The summed E-state index contributed by atoms with van der Waals surface area (Å²) < 4.78 is 15.9. The van der Waals surface area contributed by atoms with Gasteiger partial charge in [-0.15, -0.1) is 0 Å². The Balaban J connectivity index is 1.34. The molecule has 0 aliphatic heterocycles. The number of ether oxygens (including phenoxy) is 3. The van der Waals surface area contributed by atoms with E-state index in [9.17, 15) is 9.59 Å². The fourth-order valence-electron chi connectivity index (χ4n) is 4.59. The molecule has 47 heavy (non-hydrogen) atoms. The average Bonchev–Trinajstić information content (AvgIpc) is 3.10. The van der Waals surface area contributed by atoms with Crippen molar-refractivity contribution in [1.82, 2.24) is 0 Å². The minimum atomic E-state index is -0.350. The van der Waals surface area contributed by atoms with Crippen LogP contribution in [0.1, 0.15) is 65.2 Å². The zero-order chi connectivity index (χ0) is 33.5. The van der Waals surface area contributed by atoms with Crippen molar-refractivity contribution in [3.63, 3.8) is 0 Å². The van der Waals surface area contributed by atoms with Crippen molar-refractivity contribution >= 4 is 40.4 Å². The molecule has 0 aliphatic carbocycles. The number of hydrogen-bond acceptors (Lipinski definition) is 10. The van der Waals surface area contributed by atoms with Crippen LogP contribution in [0.4, 0.5) is 28.4 Å². The summed E-state index contributed by atoms with van der Waals surface area (Å²) in [4.78, 5) is 24.8. The van der Waals surface area contributed by atoms with Crippen LogP contribution in [0.5, 0.6) is 5.75 Å². The van der Waals surface area contributed by atoms with Gasteiger partial charge >= 0.3 is 11.9 Å². The normalized spacial score (nSPS) is 11.1. The molecule has 0 saturated carbocycles. The molecule has 250 valence electrons. The van der Waals surface area contributed by atoms with Crippen molar-refractivity contribution in [2.45, 2.75) is 65.2 Å². The molecule has 3 aromatic carbocycles. The van der Waals surface area contributed by atoms with Gasteiger partial charge in [-0.2, -0.15) is 20.5 Å². The van der Waals surface area contributed by atoms with E-state index in [1.54, 1.807) is 0 Å². The first-order valence-corrected chi connectivity index (χ1v) is 16.5. The van der Waals surface area contributed by atoms with Crippen molar-refractivity contribution in [3.05, 3.63) is 85.5 Å². The van der Waals surface area contributed by atoms with Crippen molar-refractivity contribution < 1.29 is 23.8 Å². The maximum atomic E-state index is 11.7.